The first-order chi connectivity index (χ1) is 11.1. The third-order valence-electron chi connectivity index (χ3n) is 5.88. The maximum Gasteiger partial charge on any atom is 0.226 e. The summed E-state index contributed by atoms with van der Waals surface area (Å²) in [5.41, 5.74) is 0. The van der Waals surface area contributed by atoms with Crippen LogP contribution < -0.4 is 5.32 Å². The Labute approximate surface area is 138 Å². The Morgan fingerprint density at radius 3 is 2.09 bits per heavy atom. The van der Waals surface area contributed by atoms with Crippen LogP contribution in [0.15, 0.2) is 0 Å². The van der Waals surface area contributed by atoms with Gasteiger partial charge in [-0.15, -0.1) is 0 Å². The molecule has 0 aromatic heterocycles. The fourth-order valence-corrected chi connectivity index (χ4v) is 4.44. The SMILES string of the molecule is O=C(NC1CCC(O)CC1)[C@H]1CCCC[C@H]1C(=O)N1CCCC1. The second-order valence-electron chi connectivity index (χ2n) is 7.54. The first-order valence-electron chi connectivity index (χ1n) is 9.42. The smallest absolute Gasteiger partial charge is 0.226 e. The van der Waals surface area contributed by atoms with Crippen molar-refractivity contribution in [2.24, 2.45) is 11.8 Å². The lowest BCUT2D eigenvalue weighted by Crippen LogP contribution is -2.47. The summed E-state index contributed by atoms with van der Waals surface area (Å²) < 4.78 is 0. The van der Waals surface area contributed by atoms with Crippen LogP contribution in [0.4, 0.5) is 0 Å². The van der Waals surface area contributed by atoms with Crippen molar-refractivity contribution in [1.82, 2.24) is 10.2 Å². The van der Waals surface area contributed by atoms with Crippen molar-refractivity contribution < 1.29 is 14.7 Å². The molecule has 0 aromatic carbocycles. The number of nitrogens with one attached hydrogen (secondary N) is 1. The molecule has 0 spiro atoms. The van der Waals surface area contributed by atoms with Crippen LogP contribution in [-0.2, 0) is 9.59 Å². The van der Waals surface area contributed by atoms with E-state index in [4.69, 9.17) is 0 Å². The second kappa shape index (κ2) is 7.65. The number of hydrogen-bond donors (Lipinski definition) is 2. The third kappa shape index (κ3) is 4.06. The highest BCUT2D eigenvalue weighted by Gasteiger charge is 2.39. The monoisotopic (exact) mass is 322 g/mol. The average molecular weight is 322 g/mol. The summed E-state index contributed by atoms with van der Waals surface area (Å²) in [4.78, 5) is 27.5. The van der Waals surface area contributed by atoms with E-state index in [1.54, 1.807) is 0 Å². The molecule has 1 saturated heterocycles. The highest BCUT2D eigenvalue weighted by Crippen LogP contribution is 2.33. The number of likely N-dealkylation sites (tertiary alicyclic amines) is 1. The molecule has 2 amide bonds. The van der Waals surface area contributed by atoms with E-state index < -0.39 is 0 Å². The highest BCUT2D eigenvalue weighted by molar-refractivity contribution is 5.88. The van der Waals surface area contributed by atoms with E-state index in [9.17, 15) is 14.7 Å². The Balaban J connectivity index is 1.58. The van der Waals surface area contributed by atoms with Crippen LogP contribution in [0.25, 0.3) is 0 Å². The minimum Gasteiger partial charge on any atom is -0.393 e. The van der Waals surface area contributed by atoms with Crippen LogP contribution in [0, 0.1) is 11.8 Å². The van der Waals surface area contributed by atoms with Gasteiger partial charge in [-0.1, -0.05) is 12.8 Å². The van der Waals surface area contributed by atoms with Gasteiger partial charge in [-0.05, 0) is 51.4 Å². The molecule has 2 aliphatic carbocycles. The van der Waals surface area contributed by atoms with E-state index in [0.717, 1.165) is 77.3 Å². The Bertz CT molecular complexity index is 426. The van der Waals surface area contributed by atoms with Gasteiger partial charge < -0.3 is 15.3 Å². The van der Waals surface area contributed by atoms with Crippen LogP contribution in [0.2, 0.25) is 0 Å². The number of carbonyl (C=O) groups excluding carboxylic acids is 2. The lowest BCUT2D eigenvalue weighted by molar-refractivity contribution is -0.143. The first-order valence-corrected chi connectivity index (χ1v) is 9.42. The standard InChI is InChI=1S/C18H30N2O3/c21-14-9-7-13(8-10-14)19-17(22)15-5-1-2-6-16(15)18(23)20-11-3-4-12-20/h13-16,21H,1-12H2,(H,19,22)/t13?,14?,15-,16+/m0/s1. The first kappa shape index (κ1) is 16.7. The molecular weight excluding hydrogens is 292 g/mol. The van der Waals surface area contributed by atoms with Gasteiger partial charge in [-0.3, -0.25) is 9.59 Å². The maximum absolute atomic E-state index is 12.8. The van der Waals surface area contributed by atoms with E-state index in [1.807, 2.05) is 4.90 Å². The summed E-state index contributed by atoms with van der Waals surface area (Å²) in [5, 5.41) is 12.7. The van der Waals surface area contributed by atoms with Crippen LogP contribution in [0.1, 0.15) is 64.2 Å². The molecule has 1 aliphatic heterocycles. The number of carbonyl (C=O) groups is 2. The van der Waals surface area contributed by atoms with Crippen LogP contribution in [0.3, 0.4) is 0 Å². The Hall–Kier alpha value is -1.10. The summed E-state index contributed by atoms with van der Waals surface area (Å²) in [6.07, 6.45) is 9.03. The predicted octanol–water partition coefficient (Wildman–Crippen LogP) is 1.83. The second-order valence-corrected chi connectivity index (χ2v) is 7.54. The minimum atomic E-state index is -0.206. The highest BCUT2D eigenvalue weighted by atomic mass is 16.3. The average Bonchev–Trinajstić information content (AvgIpc) is 3.11. The van der Waals surface area contributed by atoms with Gasteiger partial charge in [0.25, 0.3) is 0 Å². The van der Waals surface area contributed by atoms with Crippen molar-refractivity contribution in [3.05, 3.63) is 0 Å². The molecule has 0 aromatic rings. The molecule has 23 heavy (non-hydrogen) atoms. The fourth-order valence-electron chi connectivity index (χ4n) is 4.44. The fraction of sp³-hybridized carbons (Fsp3) is 0.889. The zero-order chi connectivity index (χ0) is 16.2. The summed E-state index contributed by atoms with van der Waals surface area (Å²) in [7, 11) is 0. The number of nitrogens with zero attached hydrogens (tertiary/aromatic N) is 1. The summed E-state index contributed by atoms with van der Waals surface area (Å²) in [6, 6.07) is 0.176. The van der Waals surface area contributed by atoms with Gasteiger partial charge in [0.1, 0.15) is 0 Å². The lowest BCUT2D eigenvalue weighted by Gasteiger charge is -2.34. The molecule has 2 atom stereocenters. The Kier molecular flexibility index (Phi) is 5.57. The van der Waals surface area contributed by atoms with Crippen molar-refractivity contribution in [3.8, 4) is 0 Å². The summed E-state index contributed by atoms with van der Waals surface area (Å²) in [5.74, 6) is 0.0183. The predicted molar refractivity (Wildman–Crippen MR) is 87.7 cm³/mol. The molecule has 2 saturated carbocycles. The van der Waals surface area contributed by atoms with Crippen molar-refractivity contribution in [3.63, 3.8) is 0 Å². The molecule has 3 rings (SSSR count). The van der Waals surface area contributed by atoms with Crippen LogP contribution in [-0.4, -0.2) is 47.1 Å². The number of rotatable bonds is 3. The zero-order valence-corrected chi connectivity index (χ0v) is 14.0. The molecule has 1 heterocycles. The zero-order valence-electron chi connectivity index (χ0n) is 14.0. The molecule has 5 nitrogen and oxygen atoms in total. The van der Waals surface area contributed by atoms with E-state index in [-0.39, 0.29) is 35.8 Å². The van der Waals surface area contributed by atoms with Crippen LogP contribution in [0.5, 0.6) is 0 Å². The van der Waals surface area contributed by atoms with E-state index in [1.165, 1.54) is 0 Å². The lowest BCUT2D eigenvalue weighted by atomic mass is 9.77. The van der Waals surface area contributed by atoms with E-state index in [0.29, 0.717) is 0 Å². The summed E-state index contributed by atoms with van der Waals surface area (Å²) in [6.45, 7) is 1.73. The number of amides is 2. The normalized spacial score (nSPS) is 35.1. The molecule has 3 aliphatic rings. The van der Waals surface area contributed by atoms with Gasteiger partial charge in [-0.2, -0.15) is 0 Å². The number of aliphatic hydroxyl groups excluding tert-OH is 1. The maximum atomic E-state index is 12.8. The summed E-state index contributed by atoms with van der Waals surface area (Å²) >= 11 is 0. The van der Waals surface area contributed by atoms with Gasteiger partial charge >= 0.3 is 0 Å². The van der Waals surface area contributed by atoms with Crippen molar-refractivity contribution in [1.29, 1.82) is 0 Å². The molecule has 0 radical (unpaired) electrons. The van der Waals surface area contributed by atoms with Gasteiger partial charge in [0.2, 0.25) is 11.8 Å². The molecule has 2 N–H and O–H groups in total. The van der Waals surface area contributed by atoms with Gasteiger partial charge in [0.15, 0.2) is 0 Å². The van der Waals surface area contributed by atoms with E-state index >= 15 is 0 Å². The topological polar surface area (TPSA) is 69.6 Å². The number of aliphatic hydroxyl groups is 1. The number of hydrogen-bond acceptors (Lipinski definition) is 3. The van der Waals surface area contributed by atoms with Gasteiger partial charge in [0, 0.05) is 31.0 Å². The van der Waals surface area contributed by atoms with Crippen LogP contribution >= 0.6 is 0 Å². The Morgan fingerprint density at radius 1 is 0.826 bits per heavy atom. The quantitative estimate of drug-likeness (QED) is 0.833. The molecule has 0 bridgehead atoms. The van der Waals surface area contributed by atoms with Crippen molar-refractivity contribution >= 4 is 11.8 Å². The molecule has 130 valence electrons. The molecule has 0 unspecified atom stereocenters. The Morgan fingerprint density at radius 2 is 1.43 bits per heavy atom. The van der Waals surface area contributed by atoms with Gasteiger partial charge in [0.05, 0.1) is 6.10 Å². The molecular formula is C18H30N2O3. The largest absolute Gasteiger partial charge is 0.393 e. The van der Waals surface area contributed by atoms with Crippen molar-refractivity contribution in [2.45, 2.75) is 76.4 Å². The molecule has 3 fully saturated rings. The molecule has 5 heteroatoms. The minimum absolute atomic E-state index is 0.0728. The van der Waals surface area contributed by atoms with Gasteiger partial charge in [-0.25, -0.2) is 0 Å². The third-order valence-corrected chi connectivity index (χ3v) is 5.88. The van der Waals surface area contributed by atoms with Crippen molar-refractivity contribution in [2.75, 3.05) is 13.1 Å². The van der Waals surface area contributed by atoms with E-state index in [2.05, 4.69) is 5.32 Å².